The van der Waals surface area contributed by atoms with Crippen LogP contribution in [-0.2, 0) is 17.8 Å². The number of hydrogen-bond acceptors (Lipinski definition) is 5. The number of nitrogens with one attached hydrogen (secondary N) is 1. The summed E-state index contributed by atoms with van der Waals surface area (Å²) in [7, 11) is 0. The fraction of sp³-hybridized carbons (Fsp3) is 0.235. The minimum Gasteiger partial charge on any atom is -0.480 e. The van der Waals surface area contributed by atoms with Gasteiger partial charge in [-0.25, -0.2) is 4.68 Å². The van der Waals surface area contributed by atoms with Gasteiger partial charge < -0.3 is 10.1 Å². The van der Waals surface area contributed by atoms with Gasteiger partial charge in [0, 0.05) is 0 Å². The molecule has 1 N–H and O–H groups in total. The lowest BCUT2D eigenvalue weighted by Gasteiger charge is -2.25. The lowest BCUT2D eigenvalue weighted by atomic mass is 10.0. The van der Waals surface area contributed by atoms with E-state index in [0.29, 0.717) is 18.7 Å². The van der Waals surface area contributed by atoms with E-state index in [1.165, 1.54) is 0 Å². The van der Waals surface area contributed by atoms with Crippen LogP contribution in [0.3, 0.4) is 0 Å². The van der Waals surface area contributed by atoms with Gasteiger partial charge in [0.1, 0.15) is 16.4 Å². The van der Waals surface area contributed by atoms with Crippen LogP contribution in [0.5, 0.6) is 5.75 Å². The van der Waals surface area contributed by atoms with Gasteiger partial charge in [-0.15, -0.1) is 16.4 Å². The van der Waals surface area contributed by atoms with Gasteiger partial charge in [0.2, 0.25) is 0 Å². The summed E-state index contributed by atoms with van der Waals surface area (Å²) in [6.45, 7) is 0.339. The number of para-hydroxylation sites is 1. The second-order valence-electron chi connectivity index (χ2n) is 5.58. The summed E-state index contributed by atoms with van der Waals surface area (Å²) in [6, 6.07) is 11.8. The number of nitrogens with zero attached hydrogens (tertiary/aromatic N) is 3. The molecule has 7 heteroatoms. The Kier molecular flexibility index (Phi) is 4.00. The molecule has 122 valence electrons. The van der Waals surface area contributed by atoms with E-state index in [1.807, 2.05) is 48.0 Å². The van der Waals surface area contributed by atoms with Crippen molar-refractivity contribution in [1.82, 2.24) is 20.3 Å². The van der Waals surface area contributed by atoms with Gasteiger partial charge in [-0.05, 0) is 42.0 Å². The molecule has 4 rings (SSSR count). The Balaban J connectivity index is 1.36. The second-order valence-corrected chi connectivity index (χ2v) is 6.50. The van der Waals surface area contributed by atoms with Gasteiger partial charge in [-0.2, -0.15) is 0 Å². The third-order valence-corrected chi connectivity index (χ3v) is 4.78. The maximum Gasteiger partial charge on any atom is 0.261 e. The van der Waals surface area contributed by atoms with Crippen molar-refractivity contribution in [2.24, 2.45) is 0 Å². The van der Waals surface area contributed by atoms with Gasteiger partial charge in [-0.1, -0.05) is 23.4 Å². The summed E-state index contributed by atoms with van der Waals surface area (Å²) in [5.41, 5.74) is 1.87. The maximum atomic E-state index is 12.3. The Bertz CT molecular complexity index is 844. The Morgan fingerprint density at radius 3 is 3.12 bits per heavy atom. The Morgan fingerprint density at radius 1 is 1.33 bits per heavy atom. The van der Waals surface area contributed by atoms with Crippen molar-refractivity contribution in [3.05, 3.63) is 59.2 Å². The van der Waals surface area contributed by atoms with Crippen molar-refractivity contribution in [2.45, 2.75) is 25.5 Å². The van der Waals surface area contributed by atoms with Crippen LogP contribution >= 0.6 is 11.3 Å². The number of rotatable bonds is 4. The first-order valence-electron chi connectivity index (χ1n) is 7.77. The molecule has 6 nitrogen and oxygen atoms in total. The van der Waals surface area contributed by atoms with Crippen molar-refractivity contribution in [1.29, 1.82) is 0 Å². The quantitative estimate of drug-likeness (QED) is 0.791. The van der Waals surface area contributed by atoms with Crippen LogP contribution in [0.4, 0.5) is 0 Å². The van der Waals surface area contributed by atoms with Gasteiger partial charge in [0.15, 0.2) is 6.10 Å². The van der Waals surface area contributed by atoms with Crippen LogP contribution in [0.15, 0.2) is 48.0 Å². The van der Waals surface area contributed by atoms with Crippen molar-refractivity contribution < 1.29 is 9.53 Å². The Hall–Kier alpha value is -2.67. The summed E-state index contributed by atoms with van der Waals surface area (Å²) >= 11 is 1.58. The second kappa shape index (κ2) is 6.45. The molecule has 1 aliphatic rings. The molecule has 24 heavy (non-hydrogen) atoms. The van der Waals surface area contributed by atoms with E-state index in [1.54, 1.807) is 16.0 Å². The van der Waals surface area contributed by atoms with E-state index in [9.17, 15) is 4.79 Å². The Labute approximate surface area is 143 Å². The molecule has 1 atom stereocenters. The molecule has 1 aromatic carbocycles. The number of aromatic nitrogens is 3. The number of hydrogen-bond donors (Lipinski definition) is 1. The number of fused-ring (bicyclic) bond motifs is 1. The number of aryl methyl sites for hydroxylation is 1. The highest BCUT2D eigenvalue weighted by molar-refractivity contribution is 7.12. The van der Waals surface area contributed by atoms with Crippen LogP contribution in [0.25, 0.3) is 5.00 Å². The smallest absolute Gasteiger partial charge is 0.261 e. The van der Waals surface area contributed by atoms with E-state index >= 15 is 0 Å². The SMILES string of the molecule is O=C(NCc1cn(-c2cccs2)nn1)C1CCc2ccccc2O1. The molecule has 0 fully saturated rings. The number of carbonyl (C=O) groups excluding carboxylic acids is 1. The molecule has 0 saturated heterocycles. The minimum atomic E-state index is -0.452. The van der Waals surface area contributed by atoms with Crippen molar-refractivity contribution >= 4 is 17.2 Å². The fourth-order valence-corrected chi connectivity index (χ4v) is 3.34. The molecule has 2 aromatic heterocycles. The molecule has 1 amide bonds. The number of ether oxygens (including phenoxy) is 1. The molecule has 0 saturated carbocycles. The minimum absolute atomic E-state index is 0.116. The molecule has 0 radical (unpaired) electrons. The van der Waals surface area contributed by atoms with E-state index in [0.717, 1.165) is 22.7 Å². The average molecular weight is 340 g/mol. The average Bonchev–Trinajstić information content (AvgIpc) is 3.30. The van der Waals surface area contributed by atoms with Crippen LogP contribution in [0.2, 0.25) is 0 Å². The highest BCUT2D eigenvalue weighted by atomic mass is 32.1. The van der Waals surface area contributed by atoms with E-state index < -0.39 is 6.10 Å². The predicted molar refractivity (Wildman–Crippen MR) is 90.3 cm³/mol. The molecule has 3 aromatic rings. The summed E-state index contributed by atoms with van der Waals surface area (Å²) in [5, 5.41) is 14.0. The zero-order chi connectivity index (χ0) is 16.4. The molecule has 0 aliphatic carbocycles. The zero-order valence-corrected chi connectivity index (χ0v) is 13.7. The van der Waals surface area contributed by atoms with Crippen LogP contribution in [0.1, 0.15) is 17.7 Å². The molecule has 1 aliphatic heterocycles. The Morgan fingerprint density at radius 2 is 2.25 bits per heavy atom. The predicted octanol–water partition coefficient (Wildman–Crippen LogP) is 2.34. The van der Waals surface area contributed by atoms with Gasteiger partial charge >= 0.3 is 0 Å². The standard InChI is InChI=1S/C17H16N4O2S/c22-17(15-8-7-12-4-1-2-5-14(12)23-15)18-10-13-11-21(20-19-13)16-6-3-9-24-16/h1-6,9,11,15H,7-8,10H2,(H,18,22). The number of benzene rings is 1. The van der Waals surface area contributed by atoms with Crippen LogP contribution in [-0.4, -0.2) is 27.0 Å². The van der Waals surface area contributed by atoms with E-state index in [4.69, 9.17) is 4.74 Å². The van der Waals surface area contributed by atoms with Gasteiger partial charge in [0.05, 0.1) is 12.7 Å². The first-order chi connectivity index (χ1) is 11.8. The zero-order valence-electron chi connectivity index (χ0n) is 12.9. The maximum absolute atomic E-state index is 12.3. The summed E-state index contributed by atoms with van der Waals surface area (Å²) in [6.07, 6.45) is 2.91. The summed E-state index contributed by atoms with van der Waals surface area (Å²) in [5.74, 6) is 0.683. The lowest BCUT2D eigenvalue weighted by molar-refractivity contribution is -0.128. The molecular formula is C17H16N4O2S. The molecular weight excluding hydrogens is 324 g/mol. The number of amides is 1. The third kappa shape index (κ3) is 3.03. The van der Waals surface area contributed by atoms with Crippen molar-refractivity contribution in [3.63, 3.8) is 0 Å². The van der Waals surface area contributed by atoms with E-state index in [-0.39, 0.29) is 5.91 Å². The summed E-state index contributed by atoms with van der Waals surface area (Å²) < 4.78 is 7.50. The fourth-order valence-electron chi connectivity index (χ4n) is 2.69. The lowest BCUT2D eigenvalue weighted by Crippen LogP contribution is -2.40. The first-order valence-corrected chi connectivity index (χ1v) is 8.65. The van der Waals surface area contributed by atoms with Crippen molar-refractivity contribution in [3.8, 4) is 10.8 Å². The molecule has 3 heterocycles. The molecule has 0 bridgehead atoms. The highest BCUT2D eigenvalue weighted by Gasteiger charge is 2.25. The van der Waals surface area contributed by atoms with E-state index in [2.05, 4.69) is 15.6 Å². The van der Waals surface area contributed by atoms with Crippen LogP contribution < -0.4 is 10.1 Å². The molecule has 1 unspecified atom stereocenters. The highest BCUT2D eigenvalue weighted by Crippen LogP contribution is 2.27. The number of carbonyl (C=O) groups is 1. The van der Waals surface area contributed by atoms with Gasteiger partial charge in [-0.3, -0.25) is 4.79 Å². The molecule has 0 spiro atoms. The van der Waals surface area contributed by atoms with Crippen LogP contribution in [0, 0.1) is 0 Å². The summed E-state index contributed by atoms with van der Waals surface area (Å²) in [4.78, 5) is 12.3. The number of thiophene rings is 1. The third-order valence-electron chi connectivity index (χ3n) is 3.93. The largest absolute Gasteiger partial charge is 0.480 e. The van der Waals surface area contributed by atoms with Gasteiger partial charge in [0.25, 0.3) is 5.91 Å². The first kappa shape index (κ1) is 14.9. The topological polar surface area (TPSA) is 69.0 Å². The van der Waals surface area contributed by atoms with Crippen molar-refractivity contribution in [2.75, 3.05) is 0 Å². The normalized spacial score (nSPS) is 16.2. The monoisotopic (exact) mass is 340 g/mol.